The molecule has 2 aromatic rings. The van der Waals surface area contributed by atoms with Crippen LogP contribution in [0.1, 0.15) is 38.2 Å². The number of amides is 2. The van der Waals surface area contributed by atoms with Gasteiger partial charge in [-0.3, -0.25) is 9.59 Å². The number of aryl methyl sites for hydroxylation is 1. The number of benzene rings is 1. The molecule has 0 aliphatic heterocycles. The number of hydrogen-bond donors (Lipinski definition) is 2. The lowest BCUT2D eigenvalue weighted by molar-refractivity contribution is -0.121. The zero-order valence-electron chi connectivity index (χ0n) is 13.2. The van der Waals surface area contributed by atoms with Crippen molar-refractivity contribution in [2.75, 3.05) is 10.6 Å². The molecule has 23 heavy (non-hydrogen) atoms. The van der Waals surface area contributed by atoms with Crippen LogP contribution in [-0.2, 0) is 16.0 Å². The van der Waals surface area contributed by atoms with Gasteiger partial charge >= 0.3 is 0 Å². The van der Waals surface area contributed by atoms with E-state index in [0.29, 0.717) is 5.13 Å². The Labute approximate surface area is 140 Å². The number of unbranched alkanes of at least 4 members (excludes halogenated alkanes) is 1. The summed E-state index contributed by atoms with van der Waals surface area (Å²) in [7, 11) is 0. The van der Waals surface area contributed by atoms with Crippen molar-refractivity contribution in [3.05, 3.63) is 41.4 Å². The highest BCUT2D eigenvalue weighted by molar-refractivity contribution is 7.13. The first-order valence-corrected chi connectivity index (χ1v) is 8.63. The monoisotopic (exact) mass is 331 g/mol. The number of aromatic nitrogens is 1. The molecule has 0 atom stereocenters. The Morgan fingerprint density at radius 1 is 1.09 bits per heavy atom. The van der Waals surface area contributed by atoms with Crippen molar-refractivity contribution < 1.29 is 9.59 Å². The van der Waals surface area contributed by atoms with Crippen LogP contribution in [0.15, 0.2) is 35.8 Å². The minimum atomic E-state index is -0.204. The van der Waals surface area contributed by atoms with Gasteiger partial charge in [-0.25, -0.2) is 4.98 Å². The summed E-state index contributed by atoms with van der Waals surface area (Å²) in [5.74, 6) is -0.370. The summed E-state index contributed by atoms with van der Waals surface area (Å²) in [6.07, 6.45) is 5.30. The van der Waals surface area contributed by atoms with Gasteiger partial charge in [-0.1, -0.05) is 25.5 Å². The van der Waals surface area contributed by atoms with E-state index in [1.807, 2.05) is 24.3 Å². The van der Waals surface area contributed by atoms with Crippen LogP contribution >= 0.6 is 11.3 Å². The Morgan fingerprint density at radius 3 is 2.39 bits per heavy atom. The van der Waals surface area contributed by atoms with Gasteiger partial charge in [0.2, 0.25) is 11.8 Å². The molecule has 0 aliphatic rings. The molecule has 0 spiro atoms. The largest absolute Gasteiger partial charge is 0.326 e. The molecule has 6 heteroatoms. The highest BCUT2D eigenvalue weighted by atomic mass is 32.1. The summed E-state index contributed by atoms with van der Waals surface area (Å²) >= 11 is 1.35. The number of nitrogens with one attached hydrogen (secondary N) is 2. The maximum atomic E-state index is 11.9. The highest BCUT2D eigenvalue weighted by Crippen LogP contribution is 2.13. The van der Waals surface area contributed by atoms with Gasteiger partial charge in [0.25, 0.3) is 0 Å². The zero-order chi connectivity index (χ0) is 16.5. The second kappa shape index (κ2) is 9.05. The Balaban J connectivity index is 1.72. The summed E-state index contributed by atoms with van der Waals surface area (Å²) in [5, 5.41) is 7.80. The third-order valence-electron chi connectivity index (χ3n) is 3.31. The van der Waals surface area contributed by atoms with Crippen LogP contribution in [-0.4, -0.2) is 16.8 Å². The number of nitrogens with zero attached hydrogens (tertiary/aromatic N) is 1. The van der Waals surface area contributed by atoms with E-state index >= 15 is 0 Å². The van der Waals surface area contributed by atoms with Crippen molar-refractivity contribution >= 4 is 34.0 Å². The average Bonchev–Trinajstić information content (AvgIpc) is 3.05. The maximum Gasteiger partial charge on any atom is 0.226 e. The SMILES string of the molecule is CCCCc1ccc(NC(=O)CCC(=O)Nc2nccs2)cc1. The topological polar surface area (TPSA) is 71.1 Å². The Kier molecular flexibility index (Phi) is 6.75. The minimum Gasteiger partial charge on any atom is -0.326 e. The molecule has 2 N–H and O–H groups in total. The van der Waals surface area contributed by atoms with Crippen LogP contribution in [0.5, 0.6) is 0 Å². The fourth-order valence-electron chi connectivity index (χ4n) is 2.05. The third kappa shape index (κ3) is 6.20. The van der Waals surface area contributed by atoms with E-state index in [1.165, 1.54) is 29.7 Å². The lowest BCUT2D eigenvalue weighted by Crippen LogP contribution is -2.17. The molecule has 5 nitrogen and oxygen atoms in total. The number of rotatable bonds is 8. The number of carbonyl (C=O) groups is 2. The van der Waals surface area contributed by atoms with E-state index in [1.54, 1.807) is 11.6 Å². The van der Waals surface area contributed by atoms with Gasteiger partial charge in [0.15, 0.2) is 5.13 Å². The van der Waals surface area contributed by atoms with Crippen molar-refractivity contribution in [2.45, 2.75) is 39.0 Å². The van der Waals surface area contributed by atoms with Crippen molar-refractivity contribution in [3.63, 3.8) is 0 Å². The molecule has 1 heterocycles. The Morgan fingerprint density at radius 2 is 1.78 bits per heavy atom. The number of anilines is 2. The molecule has 1 aromatic heterocycles. The van der Waals surface area contributed by atoms with Gasteiger partial charge in [0.05, 0.1) is 0 Å². The number of carbonyl (C=O) groups excluding carboxylic acids is 2. The van der Waals surface area contributed by atoms with Crippen molar-refractivity contribution in [1.29, 1.82) is 0 Å². The van der Waals surface area contributed by atoms with E-state index in [0.717, 1.165) is 12.1 Å². The summed E-state index contributed by atoms with van der Waals surface area (Å²) in [5.41, 5.74) is 2.03. The molecule has 0 aliphatic carbocycles. The van der Waals surface area contributed by atoms with Crippen LogP contribution < -0.4 is 10.6 Å². The lowest BCUT2D eigenvalue weighted by Gasteiger charge is -2.06. The quantitative estimate of drug-likeness (QED) is 0.772. The fourth-order valence-corrected chi connectivity index (χ4v) is 2.60. The number of hydrogen-bond acceptors (Lipinski definition) is 4. The summed E-state index contributed by atoms with van der Waals surface area (Å²) in [4.78, 5) is 27.5. The Bertz CT molecular complexity index is 624. The van der Waals surface area contributed by atoms with Crippen LogP contribution in [0.3, 0.4) is 0 Å². The van der Waals surface area contributed by atoms with Gasteiger partial charge in [-0.05, 0) is 30.5 Å². The predicted molar refractivity (Wildman–Crippen MR) is 93.7 cm³/mol. The molecule has 1 aromatic carbocycles. The third-order valence-corrected chi connectivity index (χ3v) is 4.00. The first-order valence-electron chi connectivity index (χ1n) is 7.75. The van der Waals surface area contributed by atoms with E-state index in [-0.39, 0.29) is 24.7 Å². The van der Waals surface area contributed by atoms with Crippen LogP contribution in [0.4, 0.5) is 10.8 Å². The van der Waals surface area contributed by atoms with Crippen LogP contribution in [0, 0.1) is 0 Å². The molecule has 0 saturated heterocycles. The van der Waals surface area contributed by atoms with Gasteiger partial charge in [0.1, 0.15) is 0 Å². The average molecular weight is 331 g/mol. The minimum absolute atomic E-state index is 0.139. The second-order valence-electron chi connectivity index (χ2n) is 5.23. The normalized spacial score (nSPS) is 10.3. The highest BCUT2D eigenvalue weighted by Gasteiger charge is 2.08. The van der Waals surface area contributed by atoms with Crippen LogP contribution in [0.2, 0.25) is 0 Å². The maximum absolute atomic E-state index is 11.9. The second-order valence-corrected chi connectivity index (χ2v) is 6.13. The van der Waals surface area contributed by atoms with Crippen LogP contribution in [0.25, 0.3) is 0 Å². The molecule has 2 rings (SSSR count). The molecule has 122 valence electrons. The zero-order valence-corrected chi connectivity index (χ0v) is 14.0. The van der Waals surface area contributed by atoms with E-state index in [9.17, 15) is 9.59 Å². The molecule has 0 fully saturated rings. The first kappa shape index (κ1) is 17.1. The lowest BCUT2D eigenvalue weighted by atomic mass is 10.1. The van der Waals surface area contributed by atoms with Gasteiger partial charge in [-0.15, -0.1) is 11.3 Å². The summed E-state index contributed by atoms with van der Waals surface area (Å²) in [6, 6.07) is 7.86. The van der Waals surface area contributed by atoms with Crippen molar-refractivity contribution in [2.24, 2.45) is 0 Å². The van der Waals surface area contributed by atoms with E-state index < -0.39 is 0 Å². The first-order chi connectivity index (χ1) is 11.2. The van der Waals surface area contributed by atoms with E-state index in [4.69, 9.17) is 0 Å². The van der Waals surface area contributed by atoms with Crippen molar-refractivity contribution in [3.8, 4) is 0 Å². The number of thiazole rings is 1. The summed E-state index contributed by atoms with van der Waals surface area (Å²) < 4.78 is 0. The fraction of sp³-hybridized carbons (Fsp3) is 0.353. The molecule has 0 unspecified atom stereocenters. The molecule has 0 radical (unpaired) electrons. The molecule has 2 amide bonds. The van der Waals surface area contributed by atoms with Gasteiger partial charge in [-0.2, -0.15) is 0 Å². The smallest absolute Gasteiger partial charge is 0.226 e. The predicted octanol–water partition coefficient (Wildman–Crippen LogP) is 3.84. The molecular formula is C17H21N3O2S. The van der Waals surface area contributed by atoms with Gasteiger partial charge in [0, 0.05) is 30.1 Å². The molecular weight excluding hydrogens is 310 g/mol. The molecule has 0 saturated carbocycles. The van der Waals surface area contributed by atoms with Crippen molar-refractivity contribution in [1.82, 2.24) is 4.98 Å². The van der Waals surface area contributed by atoms with E-state index in [2.05, 4.69) is 22.5 Å². The molecule has 0 bridgehead atoms. The Hall–Kier alpha value is -2.21. The summed E-state index contributed by atoms with van der Waals surface area (Å²) in [6.45, 7) is 2.17. The standard InChI is InChI=1S/C17H21N3O2S/c1-2-3-4-13-5-7-14(8-6-13)19-15(21)9-10-16(22)20-17-18-11-12-23-17/h5-8,11-12H,2-4,9-10H2,1H3,(H,19,21)(H,18,20,22). The van der Waals surface area contributed by atoms with Gasteiger partial charge < -0.3 is 10.6 Å².